The molecule has 0 fully saturated rings. The highest BCUT2D eigenvalue weighted by molar-refractivity contribution is 6.03. The molecule has 0 heterocycles. The molecule has 0 unspecified atom stereocenters. The summed E-state index contributed by atoms with van der Waals surface area (Å²) in [4.78, 5) is 11.9. The zero-order valence-corrected chi connectivity index (χ0v) is 10.8. The van der Waals surface area contributed by atoms with E-state index in [9.17, 15) is 9.90 Å². The topological polar surface area (TPSA) is 74.2 Å². The molecule has 100 valence electrons. The fraction of sp³-hybridized carbons (Fsp3) is 0.417. The summed E-state index contributed by atoms with van der Waals surface area (Å²) in [5, 5.41) is 10.0. The van der Waals surface area contributed by atoms with Crippen LogP contribution in [0.2, 0.25) is 0 Å². The maximum absolute atomic E-state index is 11.9. The van der Waals surface area contributed by atoms with Crippen LogP contribution in [-0.2, 0) is 4.74 Å². The molecule has 0 saturated carbocycles. The van der Waals surface area contributed by atoms with Crippen LogP contribution in [-0.4, -0.2) is 45.9 Å². The minimum atomic E-state index is -0.409. The summed E-state index contributed by atoms with van der Waals surface area (Å²) in [5.74, 6) is -0.172. The third-order valence-corrected chi connectivity index (χ3v) is 2.38. The first-order valence-electron chi connectivity index (χ1n) is 5.14. The quantitative estimate of drug-likeness (QED) is 0.772. The van der Waals surface area contributed by atoms with Crippen molar-refractivity contribution in [3.63, 3.8) is 0 Å². The fourth-order valence-electron chi connectivity index (χ4n) is 1.59. The van der Waals surface area contributed by atoms with Crippen molar-refractivity contribution in [2.75, 3.05) is 35.0 Å². The van der Waals surface area contributed by atoms with Crippen molar-refractivity contribution in [2.45, 2.75) is 0 Å². The van der Waals surface area contributed by atoms with Crippen molar-refractivity contribution in [2.24, 2.45) is 0 Å². The number of rotatable bonds is 6. The molecule has 1 rings (SSSR count). The number of benzene rings is 1. The number of hydrogen-bond donors (Lipinski definition) is 1. The van der Waals surface area contributed by atoms with E-state index in [0.717, 1.165) is 0 Å². The molecule has 0 spiro atoms. The highest BCUT2D eigenvalue weighted by Crippen LogP contribution is 2.44. The van der Waals surface area contributed by atoms with Gasteiger partial charge in [0.05, 0.1) is 21.3 Å². The van der Waals surface area contributed by atoms with E-state index in [4.69, 9.17) is 18.9 Å². The van der Waals surface area contributed by atoms with E-state index < -0.39 is 5.78 Å². The van der Waals surface area contributed by atoms with Gasteiger partial charge in [0.15, 0.2) is 17.3 Å². The van der Waals surface area contributed by atoms with Crippen LogP contribution >= 0.6 is 0 Å². The average molecular weight is 256 g/mol. The molecule has 0 radical (unpaired) electrons. The summed E-state index contributed by atoms with van der Waals surface area (Å²) >= 11 is 0. The van der Waals surface area contributed by atoms with Crippen molar-refractivity contribution in [3.8, 4) is 23.0 Å². The molecule has 0 bridgehead atoms. The number of phenols is 1. The van der Waals surface area contributed by atoms with Crippen LogP contribution in [0.1, 0.15) is 10.4 Å². The van der Waals surface area contributed by atoms with Gasteiger partial charge in [-0.25, -0.2) is 0 Å². The number of phenolic OH excluding ortho intramolecular Hbond substituents is 1. The molecule has 6 heteroatoms. The van der Waals surface area contributed by atoms with Crippen molar-refractivity contribution < 1.29 is 28.8 Å². The molecule has 1 aromatic carbocycles. The standard InChI is InChI=1S/C12H16O6/c1-15-6-7(13)10-8(16-2)5-9(17-3)12(18-4)11(10)14/h5,14H,6H2,1-4H3. The summed E-state index contributed by atoms with van der Waals surface area (Å²) in [5.41, 5.74) is 0.0111. The lowest BCUT2D eigenvalue weighted by Crippen LogP contribution is -2.10. The molecular weight excluding hydrogens is 240 g/mol. The Bertz CT molecular complexity index is 441. The van der Waals surface area contributed by atoms with Crippen molar-refractivity contribution >= 4 is 5.78 Å². The van der Waals surface area contributed by atoms with Crippen LogP contribution in [0, 0.1) is 0 Å². The molecule has 0 amide bonds. The minimum absolute atomic E-state index is 0.0111. The predicted molar refractivity (Wildman–Crippen MR) is 64.0 cm³/mol. The molecule has 0 aliphatic rings. The second-order valence-electron chi connectivity index (χ2n) is 3.39. The number of carbonyl (C=O) groups is 1. The predicted octanol–water partition coefficient (Wildman–Crippen LogP) is 1.25. The van der Waals surface area contributed by atoms with E-state index in [1.807, 2.05) is 0 Å². The first kappa shape index (κ1) is 14.1. The van der Waals surface area contributed by atoms with Crippen LogP contribution in [0.5, 0.6) is 23.0 Å². The first-order chi connectivity index (χ1) is 8.60. The Labute approximate surface area is 105 Å². The Morgan fingerprint density at radius 3 is 2.17 bits per heavy atom. The molecule has 0 saturated heterocycles. The van der Waals surface area contributed by atoms with E-state index in [-0.39, 0.29) is 35.2 Å². The van der Waals surface area contributed by atoms with Gasteiger partial charge in [-0.2, -0.15) is 0 Å². The van der Waals surface area contributed by atoms with Gasteiger partial charge in [-0.05, 0) is 0 Å². The lowest BCUT2D eigenvalue weighted by Gasteiger charge is -2.15. The Hall–Kier alpha value is -1.95. The fourth-order valence-corrected chi connectivity index (χ4v) is 1.59. The summed E-state index contributed by atoms with van der Waals surface area (Å²) < 4.78 is 19.9. The van der Waals surface area contributed by atoms with Gasteiger partial charge in [0.2, 0.25) is 5.75 Å². The number of Topliss-reactive ketones (excluding diaryl/α,β-unsaturated/α-hetero) is 1. The van der Waals surface area contributed by atoms with E-state index in [0.29, 0.717) is 0 Å². The SMILES string of the molecule is COCC(=O)c1c(OC)cc(OC)c(OC)c1O. The monoisotopic (exact) mass is 256 g/mol. The molecule has 0 atom stereocenters. The van der Waals surface area contributed by atoms with Gasteiger partial charge in [0.25, 0.3) is 0 Å². The number of ether oxygens (including phenoxy) is 4. The summed E-state index contributed by atoms with van der Waals surface area (Å²) in [7, 11) is 5.58. The van der Waals surface area contributed by atoms with Gasteiger partial charge in [0, 0.05) is 13.2 Å². The molecule has 0 aliphatic heterocycles. The van der Waals surface area contributed by atoms with Crippen LogP contribution in [0.15, 0.2) is 6.07 Å². The largest absolute Gasteiger partial charge is 0.504 e. The van der Waals surface area contributed by atoms with Crippen molar-refractivity contribution in [1.29, 1.82) is 0 Å². The highest BCUT2D eigenvalue weighted by atomic mass is 16.5. The third kappa shape index (κ3) is 2.48. The molecule has 1 N–H and O–H groups in total. The molecule has 0 aromatic heterocycles. The average Bonchev–Trinajstić information content (AvgIpc) is 2.37. The molecule has 6 nitrogen and oxygen atoms in total. The maximum Gasteiger partial charge on any atom is 0.204 e. The van der Waals surface area contributed by atoms with E-state index in [2.05, 4.69) is 0 Å². The van der Waals surface area contributed by atoms with Gasteiger partial charge in [0.1, 0.15) is 17.9 Å². The lowest BCUT2D eigenvalue weighted by molar-refractivity contribution is 0.0841. The maximum atomic E-state index is 11.9. The second kappa shape index (κ2) is 6.11. The van der Waals surface area contributed by atoms with Gasteiger partial charge in [-0.1, -0.05) is 0 Å². The van der Waals surface area contributed by atoms with E-state index in [1.165, 1.54) is 34.5 Å². The summed E-state index contributed by atoms with van der Waals surface area (Å²) in [6.07, 6.45) is 0. The summed E-state index contributed by atoms with van der Waals surface area (Å²) in [6.45, 7) is -0.167. The molecule has 18 heavy (non-hydrogen) atoms. The van der Waals surface area contributed by atoms with Gasteiger partial charge < -0.3 is 24.1 Å². The molecule has 0 aliphatic carbocycles. The number of hydrogen-bond acceptors (Lipinski definition) is 6. The Morgan fingerprint density at radius 2 is 1.72 bits per heavy atom. The minimum Gasteiger partial charge on any atom is -0.504 e. The highest BCUT2D eigenvalue weighted by Gasteiger charge is 2.24. The molecule has 1 aromatic rings. The van der Waals surface area contributed by atoms with Crippen LogP contribution in [0.3, 0.4) is 0 Å². The van der Waals surface area contributed by atoms with Gasteiger partial charge >= 0.3 is 0 Å². The van der Waals surface area contributed by atoms with Crippen molar-refractivity contribution in [1.82, 2.24) is 0 Å². The Balaban J connectivity index is 3.43. The zero-order valence-electron chi connectivity index (χ0n) is 10.8. The summed E-state index contributed by atoms with van der Waals surface area (Å²) in [6, 6.07) is 1.47. The van der Waals surface area contributed by atoms with Gasteiger partial charge in [-0.3, -0.25) is 4.79 Å². The number of carbonyl (C=O) groups excluding carboxylic acids is 1. The Morgan fingerprint density at radius 1 is 1.11 bits per heavy atom. The normalized spacial score (nSPS) is 10.0. The molecular formula is C12H16O6. The van der Waals surface area contributed by atoms with Crippen LogP contribution in [0.25, 0.3) is 0 Å². The third-order valence-electron chi connectivity index (χ3n) is 2.38. The second-order valence-corrected chi connectivity index (χ2v) is 3.39. The smallest absolute Gasteiger partial charge is 0.204 e. The van der Waals surface area contributed by atoms with Crippen LogP contribution < -0.4 is 14.2 Å². The Kier molecular flexibility index (Phi) is 4.79. The zero-order chi connectivity index (χ0) is 13.7. The van der Waals surface area contributed by atoms with Crippen molar-refractivity contribution in [3.05, 3.63) is 11.6 Å². The van der Waals surface area contributed by atoms with E-state index in [1.54, 1.807) is 0 Å². The van der Waals surface area contributed by atoms with Gasteiger partial charge in [-0.15, -0.1) is 0 Å². The lowest BCUT2D eigenvalue weighted by atomic mass is 10.1. The van der Waals surface area contributed by atoms with E-state index >= 15 is 0 Å². The number of ketones is 1. The first-order valence-corrected chi connectivity index (χ1v) is 5.14. The van der Waals surface area contributed by atoms with Crippen LogP contribution in [0.4, 0.5) is 0 Å². The number of aromatic hydroxyl groups is 1. The number of methoxy groups -OCH3 is 4.